The summed E-state index contributed by atoms with van der Waals surface area (Å²) in [5, 5.41) is 20.3. The molecule has 2 rings (SSSR count). The van der Waals surface area contributed by atoms with Gasteiger partial charge in [-0.2, -0.15) is 10.2 Å². The Morgan fingerprint density at radius 2 is 2.32 bits per heavy atom. The summed E-state index contributed by atoms with van der Waals surface area (Å²) in [7, 11) is 0. The Labute approximate surface area is 140 Å². The molecule has 2 aromatic rings. The average Bonchev–Trinajstić information content (AvgIpc) is 2.91. The fraction of sp³-hybridized carbons (Fsp3) is 0.214. The number of ether oxygens (including phenoxy) is 1. The number of phenolic OH excluding ortho intramolecular Hbond substituents is 1. The molecule has 0 unspecified atom stereocenters. The Hall–Kier alpha value is -2.10. The number of hydrogen-bond donors (Lipinski definition) is 3. The molecule has 1 heterocycles. The summed E-state index contributed by atoms with van der Waals surface area (Å²) in [4.78, 5) is 11.8. The fourth-order valence-corrected chi connectivity index (χ4v) is 2.32. The van der Waals surface area contributed by atoms with E-state index in [0.29, 0.717) is 21.5 Å². The largest absolute Gasteiger partial charge is 0.504 e. The van der Waals surface area contributed by atoms with Gasteiger partial charge in [0.05, 0.1) is 16.4 Å². The minimum atomic E-state index is -0.404. The Kier molecular flexibility index (Phi) is 5.36. The van der Waals surface area contributed by atoms with Gasteiger partial charge in [0.15, 0.2) is 17.2 Å². The van der Waals surface area contributed by atoms with Crippen molar-refractivity contribution in [3.05, 3.63) is 38.7 Å². The van der Waals surface area contributed by atoms with Crippen LogP contribution >= 0.6 is 22.6 Å². The zero-order valence-electron chi connectivity index (χ0n) is 12.1. The molecule has 0 aliphatic heterocycles. The minimum Gasteiger partial charge on any atom is -0.504 e. The van der Waals surface area contributed by atoms with E-state index in [0.717, 1.165) is 5.69 Å². The van der Waals surface area contributed by atoms with Gasteiger partial charge in [-0.15, -0.1) is 0 Å². The first-order valence-corrected chi connectivity index (χ1v) is 7.60. The summed E-state index contributed by atoms with van der Waals surface area (Å²) < 4.78 is 5.98. The number of carbonyl (C=O) groups excluding carboxylic acids is 1. The van der Waals surface area contributed by atoms with Gasteiger partial charge in [0.25, 0.3) is 5.91 Å². The highest BCUT2D eigenvalue weighted by Crippen LogP contribution is 2.32. The van der Waals surface area contributed by atoms with E-state index in [1.54, 1.807) is 25.1 Å². The zero-order valence-corrected chi connectivity index (χ0v) is 14.2. The molecule has 0 spiro atoms. The standard InChI is InChI=1S/C14H15IN4O3/c1-3-22-12-6-9(5-10(15)13(12)20)7-16-19-14(21)11-4-8(2)17-18-11/h4-7,20H,3H2,1-2H3,(H,17,18)(H,19,21). The number of benzene rings is 1. The molecule has 1 aromatic carbocycles. The number of hydrazone groups is 1. The zero-order chi connectivity index (χ0) is 16.1. The number of aromatic hydroxyl groups is 1. The van der Waals surface area contributed by atoms with Crippen LogP contribution in [-0.4, -0.2) is 34.0 Å². The van der Waals surface area contributed by atoms with Crippen molar-refractivity contribution in [2.24, 2.45) is 5.10 Å². The number of amides is 1. The lowest BCUT2D eigenvalue weighted by molar-refractivity contribution is 0.0950. The molecule has 0 saturated heterocycles. The van der Waals surface area contributed by atoms with Gasteiger partial charge in [0.2, 0.25) is 0 Å². The number of halogens is 1. The molecule has 22 heavy (non-hydrogen) atoms. The van der Waals surface area contributed by atoms with Crippen LogP contribution < -0.4 is 10.2 Å². The van der Waals surface area contributed by atoms with Crippen molar-refractivity contribution in [2.75, 3.05) is 6.61 Å². The fourth-order valence-electron chi connectivity index (χ4n) is 1.69. The first kappa shape index (κ1) is 16.3. The number of rotatable bonds is 5. The summed E-state index contributed by atoms with van der Waals surface area (Å²) in [5.41, 5.74) is 4.15. The number of phenols is 1. The number of aryl methyl sites for hydroxylation is 1. The van der Waals surface area contributed by atoms with Gasteiger partial charge < -0.3 is 9.84 Å². The molecular weight excluding hydrogens is 399 g/mol. The Balaban J connectivity index is 2.08. The molecule has 0 saturated carbocycles. The van der Waals surface area contributed by atoms with Crippen molar-refractivity contribution in [3.63, 3.8) is 0 Å². The van der Waals surface area contributed by atoms with Crippen LogP contribution in [0.1, 0.15) is 28.7 Å². The highest BCUT2D eigenvalue weighted by atomic mass is 127. The highest BCUT2D eigenvalue weighted by molar-refractivity contribution is 14.1. The highest BCUT2D eigenvalue weighted by Gasteiger charge is 2.09. The summed E-state index contributed by atoms with van der Waals surface area (Å²) >= 11 is 2.00. The van der Waals surface area contributed by atoms with Gasteiger partial charge in [0.1, 0.15) is 0 Å². The van der Waals surface area contributed by atoms with Gasteiger partial charge in [-0.05, 0) is 60.2 Å². The van der Waals surface area contributed by atoms with Crippen molar-refractivity contribution in [2.45, 2.75) is 13.8 Å². The van der Waals surface area contributed by atoms with E-state index in [1.807, 2.05) is 29.5 Å². The molecular formula is C14H15IN4O3. The lowest BCUT2D eigenvalue weighted by Crippen LogP contribution is -2.18. The molecule has 116 valence electrons. The van der Waals surface area contributed by atoms with E-state index in [-0.39, 0.29) is 11.4 Å². The summed E-state index contributed by atoms with van der Waals surface area (Å²) in [6, 6.07) is 5.00. The monoisotopic (exact) mass is 414 g/mol. The molecule has 0 aliphatic carbocycles. The Bertz CT molecular complexity index is 712. The maximum atomic E-state index is 11.8. The van der Waals surface area contributed by atoms with Crippen molar-refractivity contribution in [1.29, 1.82) is 0 Å². The SMILES string of the molecule is CCOc1cc(C=NNC(=O)c2cc(C)[nH]n2)cc(I)c1O. The van der Waals surface area contributed by atoms with Gasteiger partial charge in [-0.3, -0.25) is 9.89 Å². The third-order valence-electron chi connectivity index (χ3n) is 2.67. The van der Waals surface area contributed by atoms with Gasteiger partial charge in [-0.25, -0.2) is 5.43 Å². The first-order valence-electron chi connectivity index (χ1n) is 6.52. The van der Waals surface area contributed by atoms with E-state index < -0.39 is 5.91 Å². The van der Waals surface area contributed by atoms with E-state index in [2.05, 4.69) is 20.7 Å². The van der Waals surface area contributed by atoms with E-state index >= 15 is 0 Å². The van der Waals surface area contributed by atoms with Crippen molar-refractivity contribution in [3.8, 4) is 11.5 Å². The van der Waals surface area contributed by atoms with Crippen LogP contribution in [0.2, 0.25) is 0 Å². The van der Waals surface area contributed by atoms with Crippen molar-refractivity contribution >= 4 is 34.7 Å². The lowest BCUT2D eigenvalue weighted by atomic mass is 10.2. The molecule has 3 N–H and O–H groups in total. The molecule has 1 amide bonds. The number of nitrogens with zero attached hydrogens (tertiary/aromatic N) is 2. The van der Waals surface area contributed by atoms with Gasteiger partial charge in [-0.1, -0.05) is 0 Å². The minimum absolute atomic E-state index is 0.0932. The van der Waals surface area contributed by atoms with Crippen molar-refractivity contribution in [1.82, 2.24) is 15.6 Å². The second kappa shape index (κ2) is 7.25. The van der Waals surface area contributed by atoms with Crippen LogP contribution in [0.5, 0.6) is 11.5 Å². The van der Waals surface area contributed by atoms with Crippen LogP contribution in [0.4, 0.5) is 0 Å². The van der Waals surface area contributed by atoms with Crippen LogP contribution in [0, 0.1) is 10.5 Å². The van der Waals surface area contributed by atoms with Crippen LogP contribution in [0.3, 0.4) is 0 Å². The van der Waals surface area contributed by atoms with Crippen LogP contribution in [0.25, 0.3) is 0 Å². The number of hydrogen-bond acceptors (Lipinski definition) is 5. The van der Waals surface area contributed by atoms with E-state index in [1.165, 1.54) is 6.21 Å². The molecule has 1 aromatic heterocycles. The maximum Gasteiger partial charge on any atom is 0.291 e. The Morgan fingerprint density at radius 3 is 2.95 bits per heavy atom. The molecule has 8 heteroatoms. The molecule has 0 atom stereocenters. The maximum absolute atomic E-state index is 11.8. The molecule has 0 radical (unpaired) electrons. The summed E-state index contributed by atoms with van der Waals surface area (Å²) in [5.74, 6) is 0.0693. The summed E-state index contributed by atoms with van der Waals surface area (Å²) in [6.45, 7) is 4.08. The number of H-pyrrole nitrogens is 1. The van der Waals surface area contributed by atoms with E-state index in [9.17, 15) is 9.90 Å². The quantitative estimate of drug-likeness (QED) is 0.397. The van der Waals surface area contributed by atoms with Crippen molar-refractivity contribution < 1.29 is 14.6 Å². The smallest absolute Gasteiger partial charge is 0.291 e. The van der Waals surface area contributed by atoms with E-state index in [4.69, 9.17) is 4.74 Å². The number of carbonyl (C=O) groups is 1. The van der Waals surface area contributed by atoms with Crippen LogP contribution in [-0.2, 0) is 0 Å². The second-order valence-corrected chi connectivity index (χ2v) is 5.58. The number of aromatic nitrogens is 2. The average molecular weight is 414 g/mol. The topological polar surface area (TPSA) is 99.6 Å². The predicted octanol–water partition coefficient (Wildman–Crippen LogP) is 2.19. The predicted molar refractivity (Wildman–Crippen MR) is 90.4 cm³/mol. The van der Waals surface area contributed by atoms with Gasteiger partial charge in [0, 0.05) is 5.69 Å². The third-order valence-corrected chi connectivity index (χ3v) is 3.49. The second-order valence-electron chi connectivity index (χ2n) is 4.42. The molecule has 7 nitrogen and oxygen atoms in total. The van der Waals surface area contributed by atoms with Gasteiger partial charge >= 0.3 is 0 Å². The first-order chi connectivity index (χ1) is 10.5. The lowest BCUT2D eigenvalue weighted by Gasteiger charge is -2.08. The number of aromatic amines is 1. The van der Waals surface area contributed by atoms with Crippen LogP contribution in [0.15, 0.2) is 23.3 Å². The summed E-state index contributed by atoms with van der Waals surface area (Å²) in [6.07, 6.45) is 1.47. The molecule has 0 aliphatic rings. The normalized spacial score (nSPS) is 10.9. The Morgan fingerprint density at radius 1 is 1.55 bits per heavy atom. The molecule has 0 fully saturated rings. The number of nitrogens with one attached hydrogen (secondary N) is 2. The third kappa shape index (κ3) is 3.97. The molecule has 0 bridgehead atoms.